The molecule has 0 unspecified atom stereocenters. The first-order valence-corrected chi connectivity index (χ1v) is 8.50. The maximum absolute atomic E-state index is 12.8. The molecule has 0 aliphatic heterocycles. The highest BCUT2D eigenvalue weighted by molar-refractivity contribution is 5.42. The summed E-state index contributed by atoms with van der Waals surface area (Å²) < 4.78 is 1.63. The lowest BCUT2D eigenvalue weighted by Crippen LogP contribution is -2.24. The van der Waals surface area contributed by atoms with E-state index in [-0.39, 0.29) is 11.5 Å². The third-order valence-electron chi connectivity index (χ3n) is 4.55. The molecule has 2 aromatic carbocycles. The third-order valence-corrected chi connectivity index (χ3v) is 4.55. The van der Waals surface area contributed by atoms with Gasteiger partial charge in [-0.3, -0.25) is 9.36 Å². The Hall–Kier alpha value is -2.88. The van der Waals surface area contributed by atoms with Crippen molar-refractivity contribution in [3.63, 3.8) is 0 Å². The number of hydrogen-bond donors (Lipinski definition) is 1. The van der Waals surface area contributed by atoms with Crippen LogP contribution in [0.15, 0.2) is 65.7 Å². The molecule has 0 saturated carbocycles. The molecule has 4 heteroatoms. The van der Waals surface area contributed by atoms with Gasteiger partial charge in [-0.2, -0.15) is 0 Å². The Morgan fingerprint density at radius 1 is 1.08 bits per heavy atom. The molecule has 128 valence electrons. The zero-order valence-corrected chi connectivity index (χ0v) is 14.9. The number of benzene rings is 2. The molecule has 0 bridgehead atoms. The maximum Gasteiger partial charge on any atom is 0.297 e. The molecule has 0 aliphatic rings. The summed E-state index contributed by atoms with van der Waals surface area (Å²) in [6.07, 6.45) is 3.37. The summed E-state index contributed by atoms with van der Waals surface area (Å²) in [6, 6.07) is 16.3. The van der Waals surface area contributed by atoms with E-state index < -0.39 is 0 Å². The quantitative estimate of drug-likeness (QED) is 0.766. The second kappa shape index (κ2) is 7.34. The van der Waals surface area contributed by atoms with Crippen molar-refractivity contribution < 1.29 is 0 Å². The number of aryl methyl sites for hydroxylation is 2. The molecule has 0 radical (unpaired) electrons. The Balaban J connectivity index is 1.82. The van der Waals surface area contributed by atoms with Crippen LogP contribution in [0.2, 0.25) is 0 Å². The molecule has 1 atom stereocenters. The Labute approximate surface area is 148 Å². The van der Waals surface area contributed by atoms with E-state index >= 15 is 0 Å². The van der Waals surface area contributed by atoms with Crippen LogP contribution < -0.4 is 10.9 Å². The van der Waals surface area contributed by atoms with Gasteiger partial charge in [0.05, 0.1) is 0 Å². The van der Waals surface area contributed by atoms with E-state index in [1.165, 1.54) is 11.1 Å². The summed E-state index contributed by atoms with van der Waals surface area (Å²) >= 11 is 0. The zero-order valence-electron chi connectivity index (χ0n) is 14.9. The average Bonchev–Trinajstić information content (AvgIpc) is 2.64. The van der Waals surface area contributed by atoms with Gasteiger partial charge in [-0.15, -0.1) is 0 Å². The number of nitrogens with one attached hydrogen (secondary N) is 1. The minimum Gasteiger partial charge on any atom is -0.365 e. The largest absolute Gasteiger partial charge is 0.365 e. The van der Waals surface area contributed by atoms with Crippen molar-refractivity contribution in [3.8, 4) is 5.69 Å². The average molecular weight is 333 g/mol. The van der Waals surface area contributed by atoms with Crippen LogP contribution in [0.25, 0.3) is 5.69 Å². The predicted molar refractivity (Wildman–Crippen MR) is 103 cm³/mol. The fourth-order valence-corrected chi connectivity index (χ4v) is 2.76. The van der Waals surface area contributed by atoms with Gasteiger partial charge in [-0.05, 0) is 48.6 Å². The fraction of sp³-hybridized carbons (Fsp3) is 0.238. The number of aromatic nitrogens is 2. The lowest BCUT2D eigenvalue weighted by molar-refractivity contribution is 0.796. The first-order valence-electron chi connectivity index (χ1n) is 8.50. The lowest BCUT2D eigenvalue weighted by atomic mass is 10.0. The predicted octanol–water partition coefficient (Wildman–Crippen LogP) is 4.06. The molecule has 0 saturated heterocycles. The van der Waals surface area contributed by atoms with Crippen LogP contribution in [0.5, 0.6) is 0 Å². The smallest absolute Gasteiger partial charge is 0.297 e. The van der Waals surface area contributed by atoms with Gasteiger partial charge < -0.3 is 5.32 Å². The summed E-state index contributed by atoms with van der Waals surface area (Å²) in [6.45, 7) is 6.90. The van der Waals surface area contributed by atoms with Crippen LogP contribution in [0.1, 0.15) is 29.5 Å². The first-order chi connectivity index (χ1) is 12.1. The molecule has 4 nitrogen and oxygen atoms in total. The Bertz CT molecular complexity index is 916. The van der Waals surface area contributed by atoms with Gasteiger partial charge in [0.15, 0.2) is 5.82 Å². The van der Waals surface area contributed by atoms with E-state index in [9.17, 15) is 4.79 Å². The van der Waals surface area contributed by atoms with E-state index in [2.05, 4.69) is 36.3 Å². The Morgan fingerprint density at radius 2 is 1.84 bits per heavy atom. The fourth-order valence-electron chi connectivity index (χ4n) is 2.76. The molecule has 0 aliphatic carbocycles. The van der Waals surface area contributed by atoms with Gasteiger partial charge in [0.2, 0.25) is 0 Å². The molecule has 3 aromatic rings. The molecule has 3 rings (SSSR count). The molecule has 0 amide bonds. The highest BCUT2D eigenvalue weighted by atomic mass is 16.1. The Kier molecular flexibility index (Phi) is 4.98. The van der Waals surface area contributed by atoms with Crippen molar-refractivity contribution in [1.29, 1.82) is 0 Å². The zero-order chi connectivity index (χ0) is 17.8. The summed E-state index contributed by atoms with van der Waals surface area (Å²) in [5.74, 6) is 0.668. The van der Waals surface area contributed by atoms with Gasteiger partial charge in [-0.1, -0.05) is 43.3 Å². The number of nitrogens with zero attached hydrogens (tertiary/aromatic N) is 2. The van der Waals surface area contributed by atoms with Gasteiger partial charge in [-0.25, -0.2) is 4.98 Å². The molecule has 0 fully saturated rings. The summed E-state index contributed by atoms with van der Waals surface area (Å²) in [5.41, 5.74) is 4.33. The van der Waals surface area contributed by atoms with Gasteiger partial charge in [0.25, 0.3) is 5.56 Å². The van der Waals surface area contributed by atoms with E-state index in [0.29, 0.717) is 12.4 Å². The molecule has 0 spiro atoms. The van der Waals surface area contributed by atoms with Crippen LogP contribution in [0.3, 0.4) is 0 Å². The van der Waals surface area contributed by atoms with Crippen molar-refractivity contribution in [2.24, 2.45) is 0 Å². The van der Waals surface area contributed by atoms with Crippen LogP contribution in [-0.2, 0) is 0 Å². The van der Waals surface area contributed by atoms with Crippen LogP contribution in [0.4, 0.5) is 5.82 Å². The molecular formula is C21H23N3O. The standard InChI is InChI=1S/C21H23N3O/c1-15-9-10-19(13-16(15)2)24-12-11-22-20(21(24)25)23-14-17(3)18-7-5-4-6-8-18/h4-13,17H,14H2,1-3H3,(H,22,23)/t17-/m0/s1. The number of rotatable bonds is 5. The molecule has 1 N–H and O–H groups in total. The highest BCUT2D eigenvalue weighted by Gasteiger charge is 2.10. The van der Waals surface area contributed by atoms with Crippen LogP contribution in [-0.4, -0.2) is 16.1 Å². The minimum absolute atomic E-state index is 0.133. The second-order valence-electron chi connectivity index (χ2n) is 6.41. The third kappa shape index (κ3) is 3.79. The summed E-state index contributed by atoms with van der Waals surface area (Å²) in [5, 5.41) is 3.20. The molecular weight excluding hydrogens is 310 g/mol. The summed E-state index contributed by atoms with van der Waals surface area (Å²) in [4.78, 5) is 17.0. The van der Waals surface area contributed by atoms with Crippen LogP contribution in [0, 0.1) is 13.8 Å². The van der Waals surface area contributed by atoms with Crippen molar-refractivity contribution in [3.05, 3.63) is 88.0 Å². The van der Waals surface area contributed by atoms with Crippen molar-refractivity contribution in [2.45, 2.75) is 26.7 Å². The van der Waals surface area contributed by atoms with E-state index in [1.807, 2.05) is 43.3 Å². The monoisotopic (exact) mass is 333 g/mol. The molecule has 1 aromatic heterocycles. The van der Waals surface area contributed by atoms with Gasteiger partial charge >= 0.3 is 0 Å². The maximum atomic E-state index is 12.8. The topological polar surface area (TPSA) is 46.9 Å². The SMILES string of the molecule is Cc1ccc(-n2ccnc(NC[C@H](C)c3ccccc3)c2=O)cc1C. The van der Waals surface area contributed by atoms with Crippen molar-refractivity contribution in [2.75, 3.05) is 11.9 Å². The Morgan fingerprint density at radius 3 is 2.56 bits per heavy atom. The first kappa shape index (κ1) is 17.0. The molecule has 25 heavy (non-hydrogen) atoms. The van der Waals surface area contributed by atoms with E-state index in [0.717, 1.165) is 11.3 Å². The normalized spacial score (nSPS) is 12.0. The summed E-state index contributed by atoms with van der Waals surface area (Å²) in [7, 11) is 0. The minimum atomic E-state index is -0.133. The van der Waals surface area contributed by atoms with E-state index in [1.54, 1.807) is 17.0 Å². The van der Waals surface area contributed by atoms with Gasteiger partial charge in [0, 0.05) is 24.6 Å². The highest BCUT2D eigenvalue weighted by Crippen LogP contribution is 2.15. The van der Waals surface area contributed by atoms with Crippen LogP contribution >= 0.6 is 0 Å². The number of hydrogen-bond acceptors (Lipinski definition) is 3. The number of anilines is 1. The van der Waals surface area contributed by atoms with Gasteiger partial charge in [0.1, 0.15) is 0 Å². The molecule has 1 heterocycles. The van der Waals surface area contributed by atoms with E-state index in [4.69, 9.17) is 0 Å². The lowest BCUT2D eigenvalue weighted by Gasteiger charge is -2.14. The van der Waals surface area contributed by atoms with Crippen molar-refractivity contribution >= 4 is 5.82 Å². The van der Waals surface area contributed by atoms with Crippen molar-refractivity contribution in [1.82, 2.24) is 9.55 Å². The second-order valence-corrected chi connectivity index (χ2v) is 6.41.